The van der Waals surface area contributed by atoms with Gasteiger partial charge in [0.05, 0.1) is 6.26 Å². The molecule has 4 heterocycles. The van der Waals surface area contributed by atoms with Gasteiger partial charge in [-0.15, -0.1) is 0 Å². The largest absolute Gasteiger partial charge is 0.483 e. The average Bonchev–Trinajstić information content (AvgIpc) is 2.73. The molecule has 1 aromatic heterocycles. The Balaban J connectivity index is 0.000000582. The number of carbonyl (C=O) groups is 2. The third-order valence-electron chi connectivity index (χ3n) is 6.43. The Labute approximate surface area is 195 Å². The smallest absolute Gasteiger partial charge is 0.290 e. The minimum Gasteiger partial charge on any atom is -0.483 e. The van der Waals surface area contributed by atoms with Gasteiger partial charge in [0.25, 0.3) is 12.9 Å². The van der Waals surface area contributed by atoms with E-state index in [1.807, 2.05) is 19.9 Å². The molecule has 12 heteroatoms. The standard InChI is InChI=1S/C19H31N5O2S.2CH2O2/c1-13-8-14(2)22-19(21-13)23-11-15-9-16(12-23)18(10-20-27(3,25)26)24-7-5-4-6-17(15)24;2*2-1-3/h8,15-18,20H,4-7,9-12H2,1-3H3;2*1H,(H,2,3)/t15-,16+,17+,18+;;/m1../s1. The normalized spacial score (nSPS) is 26.6. The minimum atomic E-state index is -3.18. The molecule has 3 saturated heterocycles. The Kier molecular flexibility index (Phi) is 9.99. The lowest BCUT2D eigenvalue weighted by Gasteiger charge is -2.56. The Bertz CT molecular complexity index is 873. The Morgan fingerprint density at radius 1 is 1.09 bits per heavy atom. The summed E-state index contributed by atoms with van der Waals surface area (Å²) in [5.41, 5.74) is 2.01. The van der Waals surface area contributed by atoms with Crippen LogP contribution in [0.1, 0.15) is 37.1 Å². The molecule has 4 rings (SSSR count). The van der Waals surface area contributed by atoms with Crippen LogP contribution in [0.4, 0.5) is 5.95 Å². The van der Waals surface area contributed by atoms with Gasteiger partial charge in [-0.2, -0.15) is 0 Å². The van der Waals surface area contributed by atoms with Crippen molar-refractivity contribution >= 4 is 28.9 Å². The van der Waals surface area contributed by atoms with Crippen LogP contribution in [-0.4, -0.2) is 91.0 Å². The molecule has 3 aliphatic heterocycles. The van der Waals surface area contributed by atoms with Crippen LogP contribution in [0.5, 0.6) is 0 Å². The molecular weight excluding hydrogens is 450 g/mol. The number of nitrogens with one attached hydrogen (secondary N) is 1. The van der Waals surface area contributed by atoms with Gasteiger partial charge in [-0.1, -0.05) is 6.42 Å². The van der Waals surface area contributed by atoms with Crippen LogP contribution in [0.2, 0.25) is 0 Å². The maximum atomic E-state index is 11.7. The molecule has 0 spiro atoms. The molecule has 33 heavy (non-hydrogen) atoms. The highest BCUT2D eigenvalue weighted by Gasteiger charge is 2.47. The maximum Gasteiger partial charge on any atom is 0.290 e. The van der Waals surface area contributed by atoms with Crippen molar-refractivity contribution in [1.82, 2.24) is 19.6 Å². The van der Waals surface area contributed by atoms with Gasteiger partial charge in [-0.05, 0) is 57.6 Å². The van der Waals surface area contributed by atoms with E-state index in [2.05, 4.69) is 24.5 Å². The third-order valence-corrected chi connectivity index (χ3v) is 7.12. The molecule has 3 fully saturated rings. The summed E-state index contributed by atoms with van der Waals surface area (Å²) >= 11 is 0. The van der Waals surface area contributed by atoms with E-state index in [-0.39, 0.29) is 19.0 Å². The summed E-state index contributed by atoms with van der Waals surface area (Å²) in [7, 11) is -3.18. The fourth-order valence-electron chi connectivity index (χ4n) is 5.44. The second-order valence-corrected chi connectivity index (χ2v) is 10.6. The number of fused-ring (bicyclic) bond motifs is 4. The molecule has 1 aromatic rings. The number of carboxylic acid groups (broad SMARTS) is 2. The molecule has 186 valence electrons. The topological polar surface area (TPSA) is 153 Å². The zero-order valence-corrected chi connectivity index (χ0v) is 20.2. The van der Waals surface area contributed by atoms with Crippen molar-refractivity contribution in [3.63, 3.8) is 0 Å². The zero-order valence-electron chi connectivity index (χ0n) is 19.4. The number of aryl methyl sites for hydroxylation is 2. The molecule has 0 radical (unpaired) electrons. The van der Waals surface area contributed by atoms with Gasteiger partial charge in [0.15, 0.2) is 0 Å². The number of sulfonamides is 1. The predicted molar refractivity (Wildman–Crippen MR) is 124 cm³/mol. The van der Waals surface area contributed by atoms with Crippen LogP contribution >= 0.6 is 0 Å². The van der Waals surface area contributed by atoms with E-state index in [4.69, 9.17) is 19.8 Å². The highest BCUT2D eigenvalue weighted by Crippen LogP contribution is 2.41. The Hall–Kier alpha value is -2.31. The maximum absolute atomic E-state index is 11.7. The second kappa shape index (κ2) is 12.2. The number of nitrogens with zero attached hydrogens (tertiary/aromatic N) is 4. The fourth-order valence-corrected chi connectivity index (χ4v) is 5.91. The molecule has 0 amide bonds. The first-order valence-electron chi connectivity index (χ1n) is 11.1. The van der Waals surface area contributed by atoms with E-state index in [1.165, 1.54) is 31.9 Å². The summed E-state index contributed by atoms with van der Waals surface area (Å²) in [6, 6.07) is 2.82. The first kappa shape index (κ1) is 26.9. The number of aromatic nitrogens is 2. The molecular formula is C21H35N5O6S. The van der Waals surface area contributed by atoms with E-state index in [9.17, 15) is 8.42 Å². The number of anilines is 1. The van der Waals surface area contributed by atoms with Crippen molar-refractivity contribution in [1.29, 1.82) is 0 Å². The quantitative estimate of drug-likeness (QED) is 0.520. The van der Waals surface area contributed by atoms with Crippen molar-refractivity contribution < 1.29 is 28.2 Å². The van der Waals surface area contributed by atoms with Crippen LogP contribution in [0.15, 0.2) is 6.07 Å². The number of piperidine rings is 3. The third kappa shape index (κ3) is 7.61. The lowest BCUT2D eigenvalue weighted by molar-refractivity contribution is -0.123. The summed E-state index contributed by atoms with van der Waals surface area (Å²) in [5, 5.41) is 13.8. The average molecular weight is 486 g/mol. The van der Waals surface area contributed by atoms with Crippen molar-refractivity contribution in [2.75, 3.05) is 37.3 Å². The second-order valence-electron chi connectivity index (χ2n) is 8.81. The predicted octanol–water partition coefficient (Wildman–Crippen LogP) is 0.723. The van der Waals surface area contributed by atoms with Gasteiger partial charge in [0, 0.05) is 43.1 Å². The van der Waals surface area contributed by atoms with Crippen LogP contribution in [0, 0.1) is 25.7 Å². The monoisotopic (exact) mass is 485 g/mol. The molecule has 0 saturated carbocycles. The molecule has 11 nitrogen and oxygen atoms in total. The first-order valence-corrected chi connectivity index (χ1v) is 13.0. The number of rotatable bonds is 4. The van der Waals surface area contributed by atoms with Crippen LogP contribution in [0.3, 0.4) is 0 Å². The number of hydrogen-bond acceptors (Lipinski definition) is 8. The van der Waals surface area contributed by atoms with Gasteiger partial charge in [0.2, 0.25) is 16.0 Å². The van der Waals surface area contributed by atoms with Gasteiger partial charge in [0.1, 0.15) is 0 Å². The summed E-state index contributed by atoms with van der Waals surface area (Å²) in [6.07, 6.45) is 6.14. The van der Waals surface area contributed by atoms with Crippen LogP contribution < -0.4 is 9.62 Å². The minimum absolute atomic E-state index is 0.250. The van der Waals surface area contributed by atoms with Crippen LogP contribution in [0.25, 0.3) is 0 Å². The fraction of sp³-hybridized carbons (Fsp3) is 0.714. The molecule has 3 N–H and O–H groups in total. The molecule has 0 unspecified atom stereocenters. The summed E-state index contributed by atoms with van der Waals surface area (Å²) in [4.78, 5) is 31.1. The van der Waals surface area contributed by atoms with Crippen molar-refractivity contribution in [3.05, 3.63) is 17.5 Å². The summed E-state index contributed by atoms with van der Waals surface area (Å²) < 4.78 is 26.2. The Morgan fingerprint density at radius 3 is 2.24 bits per heavy atom. The van der Waals surface area contributed by atoms with Crippen molar-refractivity contribution in [3.8, 4) is 0 Å². The molecule has 3 aliphatic rings. The van der Waals surface area contributed by atoms with Crippen LogP contribution in [-0.2, 0) is 19.6 Å². The van der Waals surface area contributed by atoms with E-state index in [1.54, 1.807) is 0 Å². The molecule has 0 aliphatic carbocycles. The van der Waals surface area contributed by atoms with Gasteiger partial charge in [-0.25, -0.2) is 23.1 Å². The number of hydrogen-bond donors (Lipinski definition) is 3. The summed E-state index contributed by atoms with van der Waals surface area (Å²) in [6.45, 7) is 7.04. The van der Waals surface area contributed by atoms with Crippen molar-refractivity contribution in [2.45, 2.75) is 51.6 Å². The van der Waals surface area contributed by atoms with Gasteiger partial charge >= 0.3 is 0 Å². The van der Waals surface area contributed by atoms with E-state index in [0.29, 0.717) is 24.4 Å². The first-order chi connectivity index (χ1) is 15.6. The van der Waals surface area contributed by atoms with E-state index < -0.39 is 10.0 Å². The van der Waals surface area contributed by atoms with Crippen molar-refractivity contribution in [2.24, 2.45) is 11.8 Å². The zero-order chi connectivity index (χ0) is 24.6. The SMILES string of the molecule is Cc1cc(C)nc(N2C[C@H]3C[C@@H](C2)[C@H](CNS(C)(=O)=O)N2CCCC[C@@H]32)n1.O=CO.O=CO. The Morgan fingerprint density at radius 2 is 1.67 bits per heavy atom. The lowest BCUT2D eigenvalue weighted by Crippen LogP contribution is -2.65. The van der Waals surface area contributed by atoms with Gasteiger partial charge < -0.3 is 15.1 Å². The molecule has 0 aromatic carbocycles. The molecule has 2 bridgehead atoms. The highest BCUT2D eigenvalue weighted by atomic mass is 32.2. The van der Waals surface area contributed by atoms with E-state index in [0.717, 1.165) is 37.0 Å². The molecule has 4 atom stereocenters. The highest BCUT2D eigenvalue weighted by molar-refractivity contribution is 7.88. The van der Waals surface area contributed by atoms with E-state index >= 15 is 0 Å². The summed E-state index contributed by atoms with van der Waals surface area (Å²) in [5.74, 6) is 1.89. The lowest BCUT2D eigenvalue weighted by atomic mass is 9.72. The van der Waals surface area contributed by atoms with Gasteiger partial charge in [-0.3, -0.25) is 14.5 Å².